The molecule has 0 atom stereocenters. The smallest absolute Gasteiger partial charge is 0.543 e. The van der Waals surface area contributed by atoms with Crippen LogP contribution >= 0.6 is 11.3 Å². The number of rotatable bonds is 4. The van der Waals surface area contributed by atoms with Crippen molar-refractivity contribution in [1.29, 1.82) is 0 Å². The molecule has 0 aliphatic carbocycles. The number of thiazole rings is 1. The molecule has 1 heterocycles. The van der Waals surface area contributed by atoms with Crippen molar-refractivity contribution in [3.63, 3.8) is 0 Å². The molecule has 0 fully saturated rings. The monoisotopic (exact) mass is 238 g/mol. The molecule has 1 rings (SSSR count). The van der Waals surface area contributed by atoms with E-state index >= 15 is 0 Å². The Balaban J connectivity index is 0.00000169. The number of carbonyl (C=O) groups excluding carboxylic acids is 1. The predicted molar refractivity (Wildman–Crippen MR) is 49.8 cm³/mol. The quantitative estimate of drug-likeness (QED) is 0.593. The molecule has 0 amide bonds. The van der Waals surface area contributed by atoms with Crippen molar-refractivity contribution in [3.8, 4) is 0 Å². The largest absolute Gasteiger partial charge is 1.00 e. The molecule has 6 heteroatoms. The van der Waals surface area contributed by atoms with Gasteiger partial charge in [0.2, 0.25) is 0 Å². The molecule has 14 heavy (non-hydrogen) atoms. The Morgan fingerprint density at radius 3 is 2.79 bits per heavy atom. The number of nitrogens with zero attached hydrogens (tertiary/aromatic N) is 1. The van der Waals surface area contributed by atoms with Crippen LogP contribution in [-0.4, -0.2) is 17.5 Å². The van der Waals surface area contributed by atoms with E-state index in [-0.39, 0.29) is 57.1 Å². The van der Waals surface area contributed by atoms with Crippen LogP contribution in [0.2, 0.25) is 0 Å². The normalized spacial score (nSPS) is 9.64. The first kappa shape index (κ1) is 14.5. The topological polar surface area (TPSA) is 65.0 Å². The molecular weight excluding hydrogens is 227 g/mol. The Labute approximate surface area is 130 Å². The Kier molecular flexibility index (Phi) is 7.18. The average molecular weight is 238 g/mol. The minimum atomic E-state index is -1.23. The fourth-order valence-corrected chi connectivity index (χ4v) is 1.43. The van der Waals surface area contributed by atoms with Gasteiger partial charge in [-0.1, -0.05) is 13.8 Å². The molecule has 0 radical (unpaired) electrons. The third-order valence-corrected chi connectivity index (χ3v) is 2.17. The van der Waals surface area contributed by atoms with E-state index in [0.717, 1.165) is 6.54 Å². The van der Waals surface area contributed by atoms with Gasteiger partial charge < -0.3 is 15.2 Å². The van der Waals surface area contributed by atoms with Crippen molar-refractivity contribution >= 4 is 22.4 Å². The summed E-state index contributed by atoms with van der Waals surface area (Å²) in [6, 6.07) is 0. The third-order valence-electron chi connectivity index (χ3n) is 1.37. The van der Waals surface area contributed by atoms with Gasteiger partial charge in [0.05, 0.1) is 11.7 Å². The first-order valence-electron chi connectivity index (χ1n) is 4.00. The second-order valence-corrected chi connectivity index (χ2v) is 3.96. The summed E-state index contributed by atoms with van der Waals surface area (Å²) < 4.78 is 0. The summed E-state index contributed by atoms with van der Waals surface area (Å²) in [7, 11) is 0. The standard InChI is InChI=1S/C8H12N2O2S.K/c1-5(2)3-9-8-10-6(4-13-8)7(11)12;/h4-5H,3H2,1-2H3,(H,9,10)(H,11,12);/q;+1/p-1. The van der Waals surface area contributed by atoms with Crippen LogP contribution in [0.3, 0.4) is 0 Å². The molecule has 0 bridgehead atoms. The summed E-state index contributed by atoms with van der Waals surface area (Å²) in [4.78, 5) is 14.2. The number of carboxylic acids is 1. The molecule has 1 N–H and O–H groups in total. The van der Waals surface area contributed by atoms with E-state index in [0.29, 0.717) is 11.0 Å². The van der Waals surface area contributed by atoms with Crippen molar-refractivity contribution in [2.75, 3.05) is 11.9 Å². The predicted octanol–water partition coefficient (Wildman–Crippen LogP) is -2.42. The number of anilines is 1. The minimum absolute atomic E-state index is 0. The van der Waals surface area contributed by atoms with Gasteiger partial charge in [-0.15, -0.1) is 11.3 Å². The van der Waals surface area contributed by atoms with Gasteiger partial charge in [-0.2, -0.15) is 0 Å². The Hall–Kier alpha value is 0.536. The van der Waals surface area contributed by atoms with Crippen molar-refractivity contribution in [1.82, 2.24) is 4.98 Å². The molecule has 1 aromatic heterocycles. The van der Waals surface area contributed by atoms with Crippen LogP contribution in [0.4, 0.5) is 5.13 Å². The first-order chi connectivity index (χ1) is 6.09. The molecule has 0 saturated carbocycles. The minimum Gasteiger partial charge on any atom is -0.543 e. The fraction of sp³-hybridized carbons (Fsp3) is 0.500. The van der Waals surface area contributed by atoms with Gasteiger partial charge in [0.1, 0.15) is 0 Å². The molecule has 1 aromatic rings. The number of hydrogen-bond acceptors (Lipinski definition) is 5. The van der Waals surface area contributed by atoms with E-state index in [1.54, 1.807) is 0 Å². The Morgan fingerprint density at radius 1 is 1.71 bits per heavy atom. The van der Waals surface area contributed by atoms with Gasteiger partial charge in [0, 0.05) is 11.9 Å². The molecule has 4 nitrogen and oxygen atoms in total. The zero-order valence-corrected chi connectivity index (χ0v) is 12.5. The molecular formula is C8H11KN2O2S. The maximum atomic E-state index is 10.4. The van der Waals surface area contributed by atoms with E-state index in [2.05, 4.69) is 24.1 Å². The molecule has 0 saturated heterocycles. The summed E-state index contributed by atoms with van der Waals surface area (Å²) in [6.45, 7) is 4.93. The van der Waals surface area contributed by atoms with Gasteiger partial charge in [-0.05, 0) is 5.92 Å². The summed E-state index contributed by atoms with van der Waals surface area (Å²) >= 11 is 1.28. The van der Waals surface area contributed by atoms with Crippen LogP contribution in [0.5, 0.6) is 0 Å². The molecule has 0 aliphatic heterocycles. The average Bonchev–Trinajstić information content (AvgIpc) is 2.48. The summed E-state index contributed by atoms with van der Waals surface area (Å²) in [6.07, 6.45) is 0. The Morgan fingerprint density at radius 2 is 2.36 bits per heavy atom. The number of nitrogens with one attached hydrogen (secondary N) is 1. The number of carbonyl (C=O) groups is 1. The van der Waals surface area contributed by atoms with E-state index in [1.807, 2.05) is 0 Å². The number of hydrogen-bond donors (Lipinski definition) is 1. The molecule has 0 aliphatic rings. The summed E-state index contributed by atoms with van der Waals surface area (Å²) in [5.41, 5.74) is -0.00347. The van der Waals surface area contributed by atoms with Crippen molar-refractivity contribution in [3.05, 3.63) is 11.1 Å². The van der Waals surface area contributed by atoms with Crippen LogP contribution < -0.4 is 61.8 Å². The SMILES string of the molecule is CC(C)CNc1nc(C(=O)[O-])cs1.[K+]. The van der Waals surface area contributed by atoms with Crippen molar-refractivity contribution in [2.24, 2.45) is 5.92 Å². The molecule has 0 aromatic carbocycles. The zero-order chi connectivity index (χ0) is 9.84. The molecule has 0 unspecified atom stereocenters. The second-order valence-electron chi connectivity index (χ2n) is 3.10. The van der Waals surface area contributed by atoms with Crippen LogP contribution in [0.25, 0.3) is 0 Å². The molecule has 0 spiro atoms. The van der Waals surface area contributed by atoms with Gasteiger partial charge >= 0.3 is 51.4 Å². The van der Waals surface area contributed by atoms with E-state index < -0.39 is 5.97 Å². The number of carboxylic acid groups (broad SMARTS) is 1. The third kappa shape index (κ3) is 4.86. The van der Waals surface area contributed by atoms with Crippen LogP contribution in [0, 0.1) is 5.92 Å². The van der Waals surface area contributed by atoms with E-state index in [4.69, 9.17) is 0 Å². The van der Waals surface area contributed by atoms with Crippen LogP contribution in [0.1, 0.15) is 24.3 Å². The fourth-order valence-electron chi connectivity index (χ4n) is 0.740. The number of aromatic nitrogens is 1. The molecule has 72 valence electrons. The van der Waals surface area contributed by atoms with Crippen molar-refractivity contribution in [2.45, 2.75) is 13.8 Å². The number of aromatic carboxylic acids is 1. The first-order valence-corrected chi connectivity index (χ1v) is 4.88. The van der Waals surface area contributed by atoms with Crippen LogP contribution in [-0.2, 0) is 0 Å². The summed E-state index contributed by atoms with van der Waals surface area (Å²) in [5.74, 6) is -0.718. The van der Waals surface area contributed by atoms with E-state index in [9.17, 15) is 9.90 Å². The van der Waals surface area contributed by atoms with Gasteiger partial charge in [0.15, 0.2) is 5.13 Å². The van der Waals surface area contributed by atoms with E-state index in [1.165, 1.54) is 16.7 Å². The van der Waals surface area contributed by atoms with Crippen molar-refractivity contribution < 1.29 is 61.3 Å². The van der Waals surface area contributed by atoms with Gasteiger partial charge in [-0.3, -0.25) is 0 Å². The van der Waals surface area contributed by atoms with Crippen LogP contribution in [0.15, 0.2) is 5.38 Å². The summed E-state index contributed by atoms with van der Waals surface area (Å²) in [5, 5.41) is 15.5. The van der Waals surface area contributed by atoms with Gasteiger partial charge in [-0.25, -0.2) is 4.98 Å². The van der Waals surface area contributed by atoms with Gasteiger partial charge in [0.25, 0.3) is 0 Å². The maximum absolute atomic E-state index is 10.4. The maximum Gasteiger partial charge on any atom is 1.00 e. The Bertz CT molecular complexity index is 301. The second kappa shape index (κ2) is 6.92. The zero-order valence-electron chi connectivity index (χ0n) is 8.53.